The standard InChI is InChI=1S/C6H4N2O4.H4N2/c9-7(10)5-3-1-2-4-6(5)8(11)12;1-2/h1-4H;1-2H2. The number of rotatable bonds is 2. The SMILES string of the molecule is NN.O=[N+]([O-])c1ccccc1[N+](=O)[O-]. The molecule has 0 aliphatic heterocycles. The first kappa shape index (κ1) is 11.9. The molecule has 4 N–H and O–H groups in total. The van der Waals surface area contributed by atoms with Crippen molar-refractivity contribution in [2.24, 2.45) is 11.7 Å². The fourth-order valence-corrected chi connectivity index (χ4v) is 0.773. The Bertz CT molecular complexity index is 307. The molecule has 0 radical (unpaired) electrons. The second-order valence-corrected chi connectivity index (χ2v) is 2.00. The average molecular weight is 200 g/mol. The van der Waals surface area contributed by atoms with Crippen LogP contribution in [0, 0.1) is 20.2 Å². The highest BCUT2D eigenvalue weighted by Gasteiger charge is 2.21. The van der Waals surface area contributed by atoms with Crippen LogP contribution in [0.4, 0.5) is 11.4 Å². The number of nitrogens with two attached hydrogens (primary N) is 2. The molecule has 8 heteroatoms. The van der Waals surface area contributed by atoms with E-state index in [1.807, 2.05) is 0 Å². The van der Waals surface area contributed by atoms with E-state index in [2.05, 4.69) is 11.7 Å². The maximum Gasteiger partial charge on any atom is 0.346 e. The van der Waals surface area contributed by atoms with E-state index in [0.717, 1.165) is 12.1 Å². The van der Waals surface area contributed by atoms with Gasteiger partial charge in [-0.2, -0.15) is 0 Å². The summed E-state index contributed by atoms with van der Waals surface area (Å²) in [6.45, 7) is 0. The minimum atomic E-state index is -0.780. The molecule has 0 saturated heterocycles. The van der Waals surface area contributed by atoms with E-state index in [9.17, 15) is 20.2 Å². The van der Waals surface area contributed by atoms with Crippen LogP contribution in [0.25, 0.3) is 0 Å². The third-order valence-corrected chi connectivity index (χ3v) is 1.28. The van der Waals surface area contributed by atoms with Gasteiger partial charge in [-0.05, 0) is 0 Å². The Hall–Kier alpha value is -2.06. The molecule has 0 aliphatic rings. The molecule has 0 aromatic heterocycles. The van der Waals surface area contributed by atoms with E-state index in [-0.39, 0.29) is 0 Å². The van der Waals surface area contributed by atoms with Gasteiger partial charge in [-0.3, -0.25) is 31.9 Å². The van der Waals surface area contributed by atoms with E-state index in [1.165, 1.54) is 12.1 Å². The van der Waals surface area contributed by atoms with E-state index in [0.29, 0.717) is 0 Å². The van der Waals surface area contributed by atoms with Crippen molar-refractivity contribution in [2.75, 3.05) is 0 Å². The predicted octanol–water partition coefficient (Wildman–Crippen LogP) is 0.322. The lowest BCUT2D eigenvalue weighted by Crippen LogP contribution is -2.02. The van der Waals surface area contributed by atoms with Gasteiger partial charge in [0.15, 0.2) is 0 Å². The molecule has 14 heavy (non-hydrogen) atoms. The van der Waals surface area contributed by atoms with E-state index < -0.39 is 21.2 Å². The molecule has 0 aliphatic carbocycles. The fourth-order valence-electron chi connectivity index (χ4n) is 0.773. The lowest BCUT2D eigenvalue weighted by Gasteiger charge is -1.91. The van der Waals surface area contributed by atoms with Crippen molar-refractivity contribution in [1.82, 2.24) is 0 Å². The minimum Gasteiger partial charge on any atom is -0.274 e. The normalized spacial score (nSPS) is 8.43. The van der Waals surface area contributed by atoms with Gasteiger partial charge in [-0.25, -0.2) is 0 Å². The van der Waals surface area contributed by atoms with Gasteiger partial charge in [-0.1, -0.05) is 12.1 Å². The van der Waals surface area contributed by atoms with Crippen LogP contribution in [0.3, 0.4) is 0 Å². The highest BCUT2D eigenvalue weighted by molar-refractivity contribution is 5.51. The Balaban J connectivity index is 0.000000791. The zero-order chi connectivity index (χ0) is 11.1. The highest BCUT2D eigenvalue weighted by atomic mass is 16.6. The van der Waals surface area contributed by atoms with Gasteiger partial charge >= 0.3 is 11.4 Å². The van der Waals surface area contributed by atoms with Crippen molar-refractivity contribution >= 4 is 11.4 Å². The number of nitro benzene ring substituents is 2. The fraction of sp³-hybridized carbons (Fsp3) is 0. The summed E-state index contributed by atoms with van der Waals surface area (Å²) in [6.07, 6.45) is 0. The Labute approximate surface area is 78.4 Å². The summed E-state index contributed by atoms with van der Waals surface area (Å²) in [5.74, 6) is 8.00. The van der Waals surface area contributed by atoms with E-state index >= 15 is 0 Å². The Kier molecular flexibility index (Phi) is 4.74. The molecule has 0 bridgehead atoms. The Morgan fingerprint density at radius 3 is 1.43 bits per heavy atom. The van der Waals surface area contributed by atoms with Crippen LogP contribution in [-0.2, 0) is 0 Å². The Morgan fingerprint density at radius 1 is 0.929 bits per heavy atom. The van der Waals surface area contributed by atoms with Crippen LogP contribution in [0.5, 0.6) is 0 Å². The predicted molar refractivity (Wildman–Crippen MR) is 48.1 cm³/mol. The van der Waals surface area contributed by atoms with Crippen LogP contribution in [0.15, 0.2) is 24.3 Å². The van der Waals surface area contributed by atoms with Crippen molar-refractivity contribution in [3.63, 3.8) is 0 Å². The van der Waals surface area contributed by atoms with Crippen LogP contribution < -0.4 is 11.7 Å². The van der Waals surface area contributed by atoms with E-state index in [1.54, 1.807) is 0 Å². The largest absolute Gasteiger partial charge is 0.346 e. The molecule has 0 amide bonds. The van der Waals surface area contributed by atoms with Crippen molar-refractivity contribution in [3.8, 4) is 0 Å². The number of benzene rings is 1. The number of para-hydroxylation sites is 2. The zero-order valence-corrected chi connectivity index (χ0v) is 6.99. The molecular weight excluding hydrogens is 192 g/mol. The van der Waals surface area contributed by atoms with Gasteiger partial charge in [0.1, 0.15) is 0 Å². The third kappa shape index (κ3) is 2.77. The average Bonchev–Trinajstić information content (AvgIpc) is 2.20. The summed E-state index contributed by atoms with van der Waals surface area (Å²) in [5, 5.41) is 20.5. The van der Waals surface area contributed by atoms with Gasteiger partial charge in [0.2, 0.25) is 0 Å². The molecule has 1 aromatic carbocycles. The van der Waals surface area contributed by atoms with Crippen molar-refractivity contribution in [2.45, 2.75) is 0 Å². The van der Waals surface area contributed by atoms with Crippen LogP contribution in [0.1, 0.15) is 0 Å². The lowest BCUT2D eigenvalue weighted by atomic mass is 10.3. The molecule has 0 saturated carbocycles. The Morgan fingerprint density at radius 2 is 1.21 bits per heavy atom. The van der Waals surface area contributed by atoms with Gasteiger partial charge in [0.25, 0.3) is 0 Å². The first-order valence-corrected chi connectivity index (χ1v) is 3.34. The summed E-state index contributed by atoms with van der Waals surface area (Å²) in [6, 6.07) is 4.95. The molecule has 1 aromatic rings. The number of nitrogens with zero attached hydrogens (tertiary/aromatic N) is 2. The topological polar surface area (TPSA) is 138 Å². The van der Waals surface area contributed by atoms with Gasteiger partial charge in [-0.15, -0.1) is 0 Å². The molecule has 76 valence electrons. The molecular formula is C6H8N4O4. The second kappa shape index (κ2) is 5.56. The van der Waals surface area contributed by atoms with Gasteiger partial charge in [0, 0.05) is 12.1 Å². The van der Waals surface area contributed by atoms with Gasteiger partial charge < -0.3 is 0 Å². The van der Waals surface area contributed by atoms with Crippen molar-refractivity contribution in [1.29, 1.82) is 0 Å². The summed E-state index contributed by atoms with van der Waals surface area (Å²) in [7, 11) is 0. The number of nitro groups is 2. The smallest absolute Gasteiger partial charge is 0.274 e. The minimum absolute atomic E-state index is 0.484. The van der Waals surface area contributed by atoms with Gasteiger partial charge in [0.05, 0.1) is 9.85 Å². The molecule has 0 spiro atoms. The first-order chi connectivity index (χ1) is 6.63. The third-order valence-electron chi connectivity index (χ3n) is 1.28. The molecule has 0 atom stereocenters. The number of hydrogen-bond donors (Lipinski definition) is 2. The molecule has 1 rings (SSSR count). The lowest BCUT2D eigenvalue weighted by molar-refractivity contribution is -0.422. The van der Waals surface area contributed by atoms with Crippen LogP contribution in [0.2, 0.25) is 0 Å². The first-order valence-electron chi connectivity index (χ1n) is 3.34. The maximum atomic E-state index is 10.2. The second-order valence-electron chi connectivity index (χ2n) is 2.00. The van der Waals surface area contributed by atoms with Crippen LogP contribution >= 0.6 is 0 Å². The summed E-state index contributed by atoms with van der Waals surface area (Å²) in [5.41, 5.74) is -0.968. The molecule has 0 unspecified atom stereocenters. The molecule has 0 fully saturated rings. The van der Waals surface area contributed by atoms with Crippen LogP contribution in [-0.4, -0.2) is 9.85 Å². The quantitative estimate of drug-likeness (QED) is 0.400. The summed E-state index contributed by atoms with van der Waals surface area (Å²) < 4.78 is 0. The van der Waals surface area contributed by atoms with Crippen molar-refractivity contribution < 1.29 is 9.85 Å². The summed E-state index contributed by atoms with van der Waals surface area (Å²) in [4.78, 5) is 18.9. The highest BCUT2D eigenvalue weighted by Crippen LogP contribution is 2.24. The number of hydrogen-bond acceptors (Lipinski definition) is 6. The zero-order valence-electron chi connectivity index (χ0n) is 6.99. The molecule has 8 nitrogen and oxygen atoms in total. The summed E-state index contributed by atoms with van der Waals surface area (Å²) >= 11 is 0. The van der Waals surface area contributed by atoms with E-state index in [4.69, 9.17) is 0 Å². The monoisotopic (exact) mass is 200 g/mol. The molecule has 0 heterocycles. The maximum absolute atomic E-state index is 10.2. The number of hydrazine groups is 1. The van der Waals surface area contributed by atoms with Crippen molar-refractivity contribution in [3.05, 3.63) is 44.5 Å².